The summed E-state index contributed by atoms with van der Waals surface area (Å²) >= 11 is 0. The van der Waals surface area contributed by atoms with Gasteiger partial charge in [-0.3, -0.25) is 0 Å². The Balaban J connectivity index is 2.24. The zero-order valence-electron chi connectivity index (χ0n) is 14.3. The summed E-state index contributed by atoms with van der Waals surface area (Å²) in [7, 11) is 4.85. The lowest BCUT2D eigenvalue weighted by atomic mass is 10.1. The van der Waals surface area contributed by atoms with E-state index in [1.54, 1.807) is 21.3 Å². The molecule has 2 aromatic rings. The Morgan fingerprint density at radius 1 is 0.783 bits per heavy atom. The number of hydrogen-bond acceptors (Lipinski definition) is 3. The molecule has 0 saturated heterocycles. The predicted octanol–water partition coefficient (Wildman–Crippen LogP) is 4.84. The third-order valence-electron chi connectivity index (χ3n) is 3.67. The van der Waals surface area contributed by atoms with E-state index < -0.39 is 0 Å². The van der Waals surface area contributed by atoms with E-state index in [-0.39, 0.29) is 0 Å². The van der Waals surface area contributed by atoms with Gasteiger partial charge < -0.3 is 14.2 Å². The molecule has 0 N–H and O–H groups in total. The number of hydrogen-bond donors (Lipinski definition) is 0. The molecule has 0 radical (unpaired) electrons. The number of ether oxygens (including phenoxy) is 3. The lowest BCUT2D eigenvalue weighted by Crippen LogP contribution is -1.95. The first kappa shape index (κ1) is 16.9. The van der Waals surface area contributed by atoms with Crippen LogP contribution in [-0.4, -0.2) is 21.3 Å². The van der Waals surface area contributed by atoms with E-state index in [1.165, 1.54) is 17.5 Å². The molecule has 3 nitrogen and oxygen atoms in total. The molecule has 122 valence electrons. The van der Waals surface area contributed by atoms with Gasteiger partial charge in [0.15, 0.2) is 11.5 Å². The third-order valence-corrected chi connectivity index (χ3v) is 3.67. The highest BCUT2D eigenvalue weighted by atomic mass is 16.5. The van der Waals surface area contributed by atoms with E-state index in [0.29, 0.717) is 17.2 Å². The summed E-state index contributed by atoms with van der Waals surface area (Å²) in [4.78, 5) is 0. The minimum Gasteiger partial charge on any atom is -0.493 e. The first-order valence-electron chi connectivity index (χ1n) is 7.78. The van der Waals surface area contributed by atoms with Crippen LogP contribution < -0.4 is 14.2 Å². The topological polar surface area (TPSA) is 27.7 Å². The van der Waals surface area contributed by atoms with Crippen LogP contribution in [0.4, 0.5) is 0 Å². The molecule has 0 saturated carbocycles. The van der Waals surface area contributed by atoms with Crippen LogP contribution in [0, 0.1) is 0 Å². The van der Waals surface area contributed by atoms with Crippen LogP contribution in [0.2, 0.25) is 0 Å². The predicted molar refractivity (Wildman–Crippen MR) is 95.5 cm³/mol. The molecule has 0 aromatic heterocycles. The van der Waals surface area contributed by atoms with E-state index >= 15 is 0 Å². The van der Waals surface area contributed by atoms with Gasteiger partial charge in [0.25, 0.3) is 0 Å². The summed E-state index contributed by atoms with van der Waals surface area (Å²) in [5.74, 6) is 1.92. The van der Waals surface area contributed by atoms with Gasteiger partial charge in [-0.05, 0) is 35.2 Å². The van der Waals surface area contributed by atoms with Gasteiger partial charge in [0, 0.05) is 0 Å². The third kappa shape index (κ3) is 4.28. The zero-order chi connectivity index (χ0) is 16.7. The minimum absolute atomic E-state index is 0.607. The SMILES string of the molecule is CCCc1ccc(C=Cc2cc(OC)c(OC)c(OC)c2)cc1. The molecule has 0 atom stereocenters. The van der Waals surface area contributed by atoms with Crippen molar-refractivity contribution in [3.05, 3.63) is 53.1 Å². The minimum atomic E-state index is 0.607. The van der Waals surface area contributed by atoms with Gasteiger partial charge in [-0.15, -0.1) is 0 Å². The highest BCUT2D eigenvalue weighted by molar-refractivity contribution is 5.72. The van der Waals surface area contributed by atoms with Crippen molar-refractivity contribution in [3.8, 4) is 17.2 Å². The Hall–Kier alpha value is -2.42. The maximum absolute atomic E-state index is 5.38. The van der Waals surface area contributed by atoms with Crippen LogP contribution in [0.5, 0.6) is 17.2 Å². The van der Waals surface area contributed by atoms with Crippen molar-refractivity contribution < 1.29 is 14.2 Å². The van der Waals surface area contributed by atoms with Gasteiger partial charge >= 0.3 is 0 Å². The molecule has 0 unspecified atom stereocenters. The fourth-order valence-electron chi connectivity index (χ4n) is 2.47. The van der Waals surface area contributed by atoms with Gasteiger partial charge in [0.05, 0.1) is 21.3 Å². The van der Waals surface area contributed by atoms with Crippen molar-refractivity contribution in [2.45, 2.75) is 19.8 Å². The molecule has 0 bridgehead atoms. The smallest absolute Gasteiger partial charge is 0.203 e. The van der Waals surface area contributed by atoms with E-state index in [1.807, 2.05) is 18.2 Å². The molecule has 0 fully saturated rings. The van der Waals surface area contributed by atoms with Gasteiger partial charge in [0.2, 0.25) is 5.75 Å². The van der Waals surface area contributed by atoms with Gasteiger partial charge in [-0.1, -0.05) is 49.8 Å². The Morgan fingerprint density at radius 2 is 1.35 bits per heavy atom. The fourth-order valence-corrected chi connectivity index (χ4v) is 2.47. The molecule has 0 heterocycles. The summed E-state index contributed by atoms with van der Waals surface area (Å²) in [5.41, 5.74) is 3.54. The second-order valence-corrected chi connectivity index (χ2v) is 5.28. The second kappa shape index (κ2) is 8.28. The van der Waals surface area contributed by atoms with E-state index in [9.17, 15) is 0 Å². The van der Waals surface area contributed by atoms with Crippen molar-refractivity contribution in [3.63, 3.8) is 0 Å². The molecule has 0 spiro atoms. The zero-order valence-corrected chi connectivity index (χ0v) is 14.3. The Labute approximate surface area is 138 Å². The Morgan fingerprint density at radius 3 is 1.83 bits per heavy atom. The first-order chi connectivity index (χ1) is 11.2. The average molecular weight is 312 g/mol. The quantitative estimate of drug-likeness (QED) is 0.685. The van der Waals surface area contributed by atoms with Crippen molar-refractivity contribution in [2.24, 2.45) is 0 Å². The Kier molecular flexibility index (Phi) is 6.10. The Bertz CT molecular complexity index is 632. The van der Waals surface area contributed by atoms with Crippen LogP contribution >= 0.6 is 0 Å². The molecule has 0 aliphatic carbocycles. The van der Waals surface area contributed by atoms with Gasteiger partial charge in [-0.25, -0.2) is 0 Å². The van der Waals surface area contributed by atoms with E-state index in [2.05, 4.69) is 37.3 Å². The number of rotatable bonds is 7. The molecular formula is C20H24O3. The summed E-state index contributed by atoms with van der Waals surface area (Å²) in [6.07, 6.45) is 6.41. The first-order valence-corrected chi connectivity index (χ1v) is 7.78. The summed E-state index contributed by atoms with van der Waals surface area (Å²) in [6, 6.07) is 12.5. The maximum atomic E-state index is 5.38. The van der Waals surface area contributed by atoms with E-state index in [0.717, 1.165) is 12.0 Å². The summed E-state index contributed by atoms with van der Waals surface area (Å²) < 4.78 is 16.1. The summed E-state index contributed by atoms with van der Waals surface area (Å²) in [5, 5.41) is 0. The number of methoxy groups -OCH3 is 3. The molecule has 0 aliphatic heterocycles. The van der Waals surface area contributed by atoms with Gasteiger partial charge in [0.1, 0.15) is 0 Å². The van der Waals surface area contributed by atoms with Crippen molar-refractivity contribution in [2.75, 3.05) is 21.3 Å². The molecule has 2 aromatic carbocycles. The van der Waals surface area contributed by atoms with Crippen LogP contribution in [0.3, 0.4) is 0 Å². The molecule has 2 rings (SSSR count). The van der Waals surface area contributed by atoms with Crippen molar-refractivity contribution in [1.29, 1.82) is 0 Å². The lowest BCUT2D eigenvalue weighted by Gasteiger charge is -2.12. The lowest BCUT2D eigenvalue weighted by molar-refractivity contribution is 0.324. The number of aryl methyl sites for hydroxylation is 1. The monoisotopic (exact) mass is 312 g/mol. The molecule has 0 amide bonds. The van der Waals surface area contributed by atoms with Crippen molar-refractivity contribution in [1.82, 2.24) is 0 Å². The maximum Gasteiger partial charge on any atom is 0.203 e. The van der Waals surface area contributed by atoms with Crippen LogP contribution in [-0.2, 0) is 6.42 Å². The standard InChI is InChI=1S/C20H24O3/c1-5-6-15-7-9-16(10-8-15)11-12-17-13-18(21-2)20(23-4)19(14-17)22-3/h7-14H,5-6H2,1-4H3. The molecule has 3 heteroatoms. The van der Waals surface area contributed by atoms with Crippen LogP contribution in [0.1, 0.15) is 30.0 Å². The van der Waals surface area contributed by atoms with E-state index in [4.69, 9.17) is 14.2 Å². The highest BCUT2D eigenvalue weighted by Crippen LogP contribution is 2.38. The molecule has 23 heavy (non-hydrogen) atoms. The van der Waals surface area contributed by atoms with Crippen LogP contribution in [0.25, 0.3) is 12.2 Å². The number of benzene rings is 2. The normalized spacial score (nSPS) is 10.8. The fraction of sp³-hybridized carbons (Fsp3) is 0.300. The van der Waals surface area contributed by atoms with Crippen LogP contribution in [0.15, 0.2) is 36.4 Å². The summed E-state index contributed by atoms with van der Waals surface area (Å²) in [6.45, 7) is 2.19. The average Bonchev–Trinajstić information content (AvgIpc) is 2.60. The molecule has 0 aliphatic rings. The van der Waals surface area contributed by atoms with Crippen molar-refractivity contribution >= 4 is 12.2 Å². The largest absolute Gasteiger partial charge is 0.493 e. The second-order valence-electron chi connectivity index (χ2n) is 5.28. The van der Waals surface area contributed by atoms with Gasteiger partial charge in [-0.2, -0.15) is 0 Å². The highest BCUT2D eigenvalue weighted by Gasteiger charge is 2.11. The molecular weight excluding hydrogens is 288 g/mol.